The maximum Gasteiger partial charge on any atom is 0.256 e. The first-order valence-corrected chi connectivity index (χ1v) is 13.0. The smallest absolute Gasteiger partial charge is 0.256 e. The maximum atomic E-state index is 12.4. The molecule has 5 rings (SSSR count). The van der Waals surface area contributed by atoms with Crippen LogP contribution in [0.3, 0.4) is 0 Å². The van der Waals surface area contributed by atoms with Crippen LogP contribution >= 0.6 is 0 Å². The zero-order valence-corrected chi connectivity index (χ0v) is 20.8. The Morgan fingerprint density at radius 3 is 2.64 bits per heavy atom. The Labute approximate surface area is 207 Å². The lowest BCUT2D eigenvalue weighted by Crippen LogP contribution is -2.32. The van der Waals surface area contributed by atoms with Gasteiger partial charge >= 0.3 is 0 Å². The van der Waals surface area contributed by atoms with E-state index in [0.717, 1.165) is 15.0 Å². The van der Waals surface area contributed by atoms with Gasteiger partial charge < -0.3 is 16.4 Å². The predicted octanol–water partition coefficient (Wildman–Crippen LogP) is 2.04. The number of hydrogen-bond acceptors (Lipinski definition) is 10. The molecule has 1 unspecified atom stereocenters. The molecule has 1 saturated carbocycles. The van der Waals surface area contributed by atoms with Gasteiger partial charge in [-0.05, 0) is 39.7 Å². The third-order valence-electron chi connectivity index (χ3n) is 5.80. The minimum absolute atomic E-state index is 0.0521. The number of nitrogens with one attached hydrogen (secondary N) is 2. The highest BCUT2D eigenvalue weighted by Gasteiger charge is 2.37. The van der Waals surface area contributed by atoms with Gasteiger partial charge in [0.05, 0.1) is 34.1 Å². The van der Waals surface area contributed by atoms with Crippen LogP contribution in [0.2, 0.25) is 0 Å². The number of hydrogen-bond donors (Lipinski definition) is 3. The van der Waals surface area contributed by atoms with Crippen molar-refractivity contribution in [2.45, 2.75) is 50.9 Å². The van der Waals surface area contributed by atoms with Gasteiger partial charge in [0.1, 0.15) is 17.7 Å². The lowest BCUT2D eigenvalue weighted by atomic mass is 10.2. The molecular weight excluding hydrogens is 484 g/mol. The summed E-state index contributed by atoms with van der Waals surface area (Å²) >= 11 is 0. The van der Waals surface area contributed by atoms with E-state index < -0.39 is 22.0 Å². The van der Waals surface area contributed by atoms with Crippen molar-refractivity contribution in [3.05, 3.63) is 36.9 Å². The number of fused-ring (bicyclic) bond motifs is 1. The number of aromatic nitrogens is 7. The van der Waals surface area contributed by atoms with E-state index in [0.29, 0.717) is 41.7 Å². The Morgan fingerprint density at radius 2 is 1.94 bits per heavy atom. The second-order valence-electron chi connectivity index (χ2n) is 8.98. The average molecular weight is 511 g/mol. The number of anilines is 3. The molecule has 1 fully saturated rings. The van der Waals surface area contributed by atoms with Crippen molar-refractivity contribution in [3.8, 4) is 11.4 Å². The van der Waals surface area contributed by atoms with Crippen LogP contribution in [0.4, 0.5) is 17.5 Å². The van der Waals surface area contributed by atoms with Crippen LogP contribution in [-0.2, 0) is 14.8 Å². The topological polar surface area (TPSA) is 176 Å². The molecule has 14 heteroatoms. The molecule has 1 atom stereocenters. The zero-order valence-electron chi connectivity index (χ0n) is 20.0. The Bertz CT molecular complexity index is 1560. The Balaban J connectivity index is 1.42. The third-order valence-corrected chi connectivity index (χ3v) is 7.83. The summed E-state index contributed by atoms with van der Waals surface area (Å²) in [6, 6.07) is 2.98. The summed E-state index contributed by atoms with van der Waals surface area (Å²) in [5.41, 5.74) is 6.69. The molecule has 36 heavy (non-hydrogen) atoms. The monoisotopic (exact) mass is 510 g/mol. The molecule has 1 amide bonds. The number of rotatable bonds is 9. The van der Waals surface area contributed by atoms with Crippen LogP contribution in [0, 0.1) is 0 Å². The first-order chi connectivity index (χ1) is 17.1. The number of amides is 1. The van der Waals surface area contributed by atoms with Gasteiger partial charge in [0.2, 0.25) is 5.91 Å². The Kier molecular flexibility index (Phi) is 5.82. The van der Waals surface area contributed by atoms with Crippen molar-refractivity contribution in [1.82, 2.24) is 33.9 Å². The van der Waals surface area contributed by atoms with Crippen molar-refractivity contribution in [2.75, 3.05) is 10.6 Å². The molecule has 4 aromatic heterocycles. The molecule has 4 heterocycles. The lowest BCUT2D eigenvalue weighted by molar-refractivity contribution is -0.118. The van der Waals surface area contributed by atoms with Crippen molar-refractivity contribution < 1.29 is 13.2 Å². The van der Waals surface area contributed by atoms with Gasteiger partial charge in [-0.1, -0.05) is 0 Å². The van der Waals surface area contributed by atoms with E-state index in [-0.39, 0.29) is 11.3 Å². The summed E-state index contributed by atoms with van der Waals surface area (Å²) in [5.74, 6) is 1.36. The summed E-state index contributed by atoms with van der Waals surface area (Å²) in [4.78, 5) is 24.7. The number of pyridine rings is 1. The van der Waals surface area contributed by atoms with E-state index in [1.165, 1.54) is 12.4 Å². The fourth-order valence-electron chi connectivity index (χ4n) is 3.65. The summed E-state index contributed by atoms with van der Waals surface area (Å²) in [6.07, 6.45) is 7.41. The minimum atomic E-state index is -3.47. The molecule has 4 N–H and O–H groups in total. The van der Waals surface area contributed by atoms with Crippen molar-refractivity contribution >= 4 is 44.3 Å². The second-order valence-corrected chi connectivity index (χ2v) is 11.0. The normalized spacial score (nSPS) is 14.8. The fourth-order valence-corrected chi connectivity index (χ4v) is 5.13. The summed E-state index contributed by atoms with van der Waals surface area (Å²) in [5, 5.41) is 15.2. The molecule has 0 aliphatic heterocycles. The van der Waals surface area contributed by atoms with E-state index >= 15 is 0 Å². The molecular formula is C22H26N10O3S. The standard InChI is InChI=1S/C22H26N10O3S/c1-12(2)32-17-8-19(25-10-16(17)22(30-32)27-13(3)20(23)33)28-18-6-7-24-21(29-18)14-9-26-31(11-14)36(34,35)15-4-5-15/h6-13,15H,4-5H2,1-3H3,(H2,23,33)(H,27,30)(H,24,25,28,29). The van der Waals surface area contributed by atoms with E-state index in [1.54, 1.807) is 25.4 Å². The van der Waals surface area contributed by atoms with Gasteiger partial charge in [0.25, 0.3) is 10.0 Å². The van der Waals surface area contributed by atoms with E-state index in [4.69, 9.17) is 5.73 Å². The van der Waals surface area contributed by atoms with E-state index in [9.17, 15) is 13.2 Å². The van der Waals surface area contributed by atoms with Gasteiger partial charge in [-0.25, -0.2) is 23.4 Å². The minimum Gasteiger partial charge on any atom is -0.368 e. The first kappa shape index (κ1) is 23.7. The molecule has 0 radical (unpaired) electrons. The number of carbonyl (C=O) groups is 1. The summed E-state index contributed by atoms with van der Waals surface area (Å²) in [7, 11) is -3.47. The van der Waals surface area contributed by atoms with Crippen molar-refractivity contribution in [2.24, 2.45) is 5.73 Å². The van der Waals surface area contributed by atoms with E-state index in [1.807, 2.05) is 24.6 Å². The Hall–Kier alpha value is -4.07. The maximum absolute atomic E-state index is 12.4. The average Bonchev–Trinajstić information content (AvgIpc) is 3.48. The molecule has 4 aromatic rings. The van der Waals surface area contributed by atoms with Gasteiger partial charge in [-0.15, -0.1) is 0 Å². The van der Waals surface area contributed by atoms with Crippen molar-refractivity contribution in [3.63, 3.8) is 0 Å². The number of primary amides is 1. The predicted molar refractivity (Wildman–Crippen MR) is 134 cm³/mol. The first-order valence-electron chi connectivity index (χ1n) is 11.5. The van der Waals surface area contributed by atoms with Gasteiger partial charge in [-0.2, -0.15) is 14.3 Å². The summed E-state index contributed by atoms with van der Waals surface area (Å²) in [6.45, 7) is 5.67. The molecule has 13 nitrogen and oxygen atoms in total. The highest BCUT2D eigenvalue weighted by atomic mass is 32.2. The quantitative estimate of drug-likeness (QED) is 0.302. The molecule has 0 saturated heterocycles. The van der Waals surface area contributed by atoms with Gasteiger partial charge in [0, 0.05) is 24.5 Å². The SMILES string of the molecule is CC(Nc1nn(C(C)C)c2cc(Nc3ccnc(-c4cnn(S(=O)(=O)C5CC5)c4)n3)ncc12)C(N)=O. The molecule has 188 valence electrons. The van der Waals surface area contributed by atoms with Crippen LogP contribution in [0.5, 0.6) is 0 Å². The molecule has 0 spiro atoms. The second kappa shape index (κ2) is 8.86. The summed E-state index contributed by atoms with van der Waals surface area (Å²) < 4.78 is 27.7. The lowest BCUT2D eigenvalue weighted by Gasteiger charge is -2.09. The fraction of sp³-hybridized carbons (Fsp3) is 0.364. The van der Waals surface area contributed by atoms with Crippen LogP contribution in [0.1, 0.15) is 39.7 Å². The van der Waals surface area contributed by atoms with Crippen molar-refractivity contribution in [1.29, 1.82) is 0 Å². The van der Waals surface area contributed by atoms with Crippen LogP contribution < -0.4 is 16.4 Å². The third kappa shape index (κ3) is 4.46. The molecule has 0 aromatic carbocycles. The largest absolute Gasteiger partial charge is 0.368 e. The van der Waals surface area contributed by atoms with Crippen LogP contribution in [-0.4, -0.2) is 59.5 Å². The molecule has 1 aliphatic rings. The zero-order chi connectivity index (χ0) is 25.6. The number of nitrogens with zero attached hydrogens (tertiary/aromatic N) is 7. The highest BCUT2D eigenvalue weighted by molar-refractivity contribution is 7.90. The van der Waals surface area contributed by atoms with Gasteiger partial charge in [0.15, 0.2) is 11.6 Å². The van der Waals surface area contributed by atoms with E-state index in [2.05, 4.69) is 35.8 Å². The number of carbonyl (C=O) groups excluding carboxylic acids is 1. The van der Waals surface area contributed by atoms with Crippen LogP contribution in [0.15, 0.2) is 36.9 Å². The van der Waals surface area contributed by atoms with Gasteiger partial charge in [-0.3, -0.25) is 9.48 Å². The highest BCUT2D eigenvalue weighted by Crippen LogP contribution is 2.31. The molecule has 1 aliphatic carbocycles. The Morgan fingerprint density at radius 1 is 1.17 bits per heavy atom. The van der Waals surface area contributed by atoms with Crippen LogP contribution in [0.25, 0.3) is 22.3 Å². The molecule has 0 bridgehead atoms. The number of nitrogens with two attached hydrogens (primary N) is 1.